The Hall–Kier alpha value is -1.84. The number of aromatic nitrogens is 2. The van der Waals surface area contributed by atoms with E-state index in [1.807, 2.05) is 6.92 Å². The van der Waals surface area contributed by atoms with Gasteiger partial charge in [0.1, 0.15) is 5.82 Å². The van der Waals surface area contributed by atoms with Gasteiger partial charge in [0.25, 0.3) is 0 Å². The summed E-state index contributed by atoms with van der Waals surface area (Å²) in [5, 5.41) is 4.03. The first kappa shape index (κ1) is 21.9. The molecule has 1 unspecified atom stereocenters. The number of nitrogens with zero attached hydrogens (tertiary/aromatic N) is 4. The molecule has 0 saturated carbocycles. The van der Waals surface area contributed by atoms with Crippen LogP contribution in [0, 0.1) is 12.7 Å². The average Bonchev–Trinajstić information content (AvgIpc) is 3.20. The quantitative estimate of drug-likeness (QED) is 0.605. The van der Waals surface area contributed by atoms with Gasteiger partial charge in [0.05, 0.1) is 11.8 Å². The number of unbranched alkanes of at least 4 members (excludes halogenated alkanes) is 2. The van der Waals surface area contributed by atoms with E-state index >= 15 is 0 Å². The molecule has 2 aromatic rings. The Kier molecular flexibility index (Phi) is 7.02. The molecule has 3 rings (SSSR count). The molecule has 0 amide bonds. The largest absolute Gasteiger partial charge is 0.337 e. The molecule has 2 heterocycles. The lowest BCUT2D eigenvalue weighted by atomic mass is 10.1. The molecule has 0 spiro atoms. The molecule has 1 aromatic heterocycles. The second-order valence-electron chi connectivity index (χ2n) is 7.55. The van der Waals surface area contributed by atoms with Crippen LogP contribution in [0.15, 0.2) is 22.7 Å². The van der Waals surface area contributed by atoms with E-state index in [0.717, 1.165) is 12.8 Å². The van der Waals surface area contributed by atoms with Crippen LogP contribution in [-0.2, 0) is 10.0 Å². The summed E-state index contributed by atoms with van der Waals surface area (Å²) in [6.07, 6.45) is 2.65. The lowest BCUT2D eigenvalue weighted by Gasteiger charge is -2.36. The van der Waals surface area contributed by atoms with E-state index in [2.05, 4.69) is 22.0 Å². The van der Waals surface area contributed by atoms with Crippen LogP contribution in [-0.4, -0.2) is 59.7 Å². The first-order chi connectivity index (χ1) is 13.8. The number of piperazine rings is 1. The van der Waals surface area contributed by atoms with Crippen molar-refractivity contribution in [2.45, 2.75) is 46.1 Å². The number of sulfonamides is 1. The Labute approximate surface area is 171 Å². The van der Waals surface area contributed by atoms with E-state index in [4.69, 9.17) is 4.52 Å². The van der Waals surface area contributed by atoms with E-state index in [-0.39, 0.29) is 17.6 Å². The molecule has 29 heavy (non-hydrogen) atoms. The Morgan fingerprint density at radius 1 is 1.21 bits per heavy atom. The molecule has 1 fully saturated rings. The van der Waals surface area contributed by atoms with Crippen LogP contribution in [0.25, 0.3) is 11.4 Å². The van der Waals surface area contributed by atoms with Gasteiger partial charge in [-0.3, -0.25) is 4.90 Å². The van der Waals surface area contributed by atoms with Crippen molar-refractivity contribution in [3.63, 3.8) is 0 Å². The van der Waals surface area contributed by atoms with Gasteiger partial charge in [-0.15, -0.1) is 0 Å². The monoisotopic (exact) mass is 424 g/mol. The normalized spacial score (nSPS) is 17.5. The number of hydrogen-bond donors (Lipinski definition) is 0. The minimum absolute atomic E-state index is 0.122. The molecule has 0 N–H and O–H groups in total. The Balaban J connectivity index is 1.60. The first-order valence-corrected chi connectivity index (χ1v) is 11.7. The Bertz CT molecular complexity index is 924. The van der Waals surface area contributed by atoms with Crippen molar-refractivity contribution in [3.05, 3.63) is 35.5 Å². The van der Waals surface area contributed by atoms with E-state index in [9.17, 15) is 12.8 Å². The second kappa shape index (κ2) is 9.32. The van der Waals surface area contributed by atoms with Crippen LogP contribution in [0.5, 0.6) is 0 Å². The number of hydrogen-bond acceptors (Lipinski definition) is 6. The van der Waals surface area contributed by atoms with Crippen molar-refractivity contribution < 1.29 is 17.3 Å². The molecule has 9 heteroatoms. The fourth-order valence-electron chi connectivity index (χ4n) is 3.49. The topological polar surface area (TPSA) is 79.5 Å². The van der Waals surface area contributed by atoms with Gasteiger partial charge < -0.3 is 4.52 Å². The molecule has 1 atom stereocenters. The van der Waals surface area contributed by atoms with E-state index in [1.54, 1.807) is 23.4 Å². The van der Waals surface area contributed by atoms with Crippen molar-refractivity contribution in [2.75, 3.05) is 31.9 Å². The summed E-state index contributed by atoms with van der Waals surface area (Å²) in [6.45, 7) is 7.89. The summed E-state index contributed by atoms with van der Waals surface area (Å²) in [4.78, 5) is 6.61. The number of benzene rings is 1. The molecule has 1 aromatic carbocycles. The van der Waals surface area contributed by atoms with Gasteiger partial charge in [0.15, 0.2) is 0 Å². The lowest BCUT2D eigenvalue weighted by molar-refractivity contribution is 0.124. The maximum atomic E-state index is 13.5. The van der Waals surface area contributed by atoms with Gasteiger partial charge >= 0.3 is 0 Å². The summed E-state index contributed by atoms with van der Waals surface area (Å²) in [5.41, 5.74) is 1.23. The molecular formula is C20H29FN4O3S. The molecule has 1 saturated heterocycles. The van der Waals surface area contributed by atoms with Crippen LogP contribution in [0.3, 0.4) is 0 Å². The highest BCUT2D eigenvalue weighted by Gasteiger charge is 2.30. The van der Waals surface area contributed by atoms with Gasteiger partial charge in [0, 0.05) is 31.7 Å². The van der Waals surface area contributed by atoms with E-state index in [1.165, 1.54) is 6.07 Å². The predicted molar refractivity (Wildman–Crippen MR) is 109 cm³/mol. The molecule has 0 bridgehead atoms. The highest BCUT2D eigenvalue weighted by atomic mass is 32.2. The summed E-state index contributed by atoms with van der Waals surface area (Å²) in [5.74, 6) is 0.849. The zero-order chi connectivity index (χ0) is 21.0. The summed E-state index contributed by atoms with van der Waals surface area (Å²) in [7, 11) is -3.18. The van der Waals surface area contributed by atoms with E-state index in [0.29, 0.717) is 55.4 Å². The highest BCUT2D eigenvalue weighted by Crippen LogP contribution is 2.25. The van der Waals surface area contributed by atoms with Gasteiger partial charge in [-0.1, -0.05) is 24.9 Å². The third-order valence-electron chi connectivity index (χ3n) is 5.44. The number of rotatable bonds is 8. The van der Waals surface area contributed by atoms with Gasteiger partial charge in [-0.25, -0.2) is 12.8 Å². The summed E-state index contributed by atoms with van der Waals surface area (Å²) in [6, 6.07) is 4.59. The zero-order valence-electron chi connectivity index (χ0n) is 17.3. The van der Waals surface area contributed by atoms with Crippen molar-refractivity contribution in [3.8, 4) is 11.4 Å². The summed E-state index contributed by atoms with van der Waals surface area (Å²) < 4.78 is 45.4. The third-order valence-corrected chi connectivity index (χ3v) is 7.39. The third kappa shape index (κ3) is 5.21. The van der Waals surface area contributed by atoms with Crippen molar-refractivity contribution in [1.29, 1.82) is 0 Å². The van der Waals surface area contributed by atoms with Gasteiger partial charge in [-0.05, 0) is 44.0 Å². The fourth-order valence-corrected chi connectivity index (χ4v) is 5.04. The molecule has 160 valence electrons. The Morgan fingerprint density at radius 2 is 1.93 bits per heavy atom. The van der Waals surface area contributed by atoms with Crippen LogP contribution < -0.4 is 0 Å². The van der Waals surface area contributed by atoms with E-state index < -0.39 is 10.0 Å². The smallest absolute Gasteiger partial charge is 0.244 e. The van der Waals surface area contributed by atoms with Crippen molar-refractivity contribution in [2.24, 2.45) is 0 Å². The van der Waals surface area contributed by atoms with Crippen LogP contribution in [0.1, 0.15) is 50.6 Å². The minimum atomic E-state index is -3.18. The lowest BCUT2D eigenvalue weighted by Crippen LogP contribution is -2.49. The second-order valence-corrected chi connectivity index (χ2v) is 9.64. The molecule has 1 aliphatic heterocycles. The van der Waals surface area contributed by atoms with Crippen LogP contribution >= 0.6 is 0 Å². The Morgan fingerprint density at radius 3 is 2.59 bits per heavy atom. The molecular weight excluding hydrogens is 395 g/mol. The van der Waals surface area contributed by atoms with Crippen molar-refractivity contribution in [1.82, 2.24) is 19.3 Å². The zero-order valence-corrected chi connectivity index (χ0v) is 18.1. The first-order valence-electron chi connectivity index (χ1n) is 10.1. The summed E-state index contributed by atoms with van der Waals surface area (Å²) >= 11 is 0. The average molecular weight is 425 g/mol. The van der Waals surface area contributed by atoms with Gasteiger partial charge in [-0.2, -0.15) is 9.29 Å². The molecule has 0 radical (unpaired) electrons. The van der Waals surface area contributed by atoms with Gasteiger partial charge in [0.2, 0.25) is 21.7 Å². The van der Waals surface area contributed by atoms with Crippen LogP contribution in [0.2, 0.25) is 0 Å². The maximum absolute atomic E-state index is 13.5. The molecule has 0 aliphatic carbocycles. The maximum Gasteiger partial charge on any atom is 0.244 e. The standard InChI is InChI=1S/C20H29FN4O3S/c1-4-5-6-13-29(26,27)25-11-9-24(10-12-25)16(3)20-22-19(23-28-20)17-7-8-18(21)15(2)14-17/h7-8,14,16H,4-6,9-13H2,1-3H3. The SMILES string of the molecule is CCCCCS(=O)(=O)N1CCN(C(C)c2nc(-c3ccc(F)c(C)c3)no2)CC1. The molecule has 1 aliphatic rings. The fraction of sp³-hybridized carbons (Fsp3) is 0.600. The van der Waals surface area contributed by atoms with Crippen LogP contribution in [0.4, 0.5) is 4.39 Å². The van der Waals surface area contributed by atoms with Crippen molar-refractivity contribution >= 4 is 10.0 Å². The molecule has 7 nitrogen and oxygen atoms in total. The minimum Gasteiger partial charge on any atom is -0.337 e. The highest BCUT2D eigenvalue weighted by molar-refractivity contribution is 7.89. The number of aryl methyl sites for hydroxylation is 1. The number of halogens is 1. The predicted octanol–water partition coefficient (Wildman–Crippen LogP) is 3.38.